The van der Waals surface area contributed by atoms with Crippen LogP contribution in [0.3, 0.4) is 0 Å². The number of hydrogen-bond donors (Lipinski definition) is 0. The van der Waals surface area contributed by atoms with E-state index < -0.39 is 0 Å². The predicted molar refractivity (Wildman–Crippen MR) is 258 cm³/mol. The third kappa shape index (κ3) is 5.48. The number of benzene rings is 9. The maximum absolute atomic E-state index is 6.67. The Balaban J connectivity index is 1.06. The molecule has 13 aromatic rings. The van der Waals surface area contributed by atoms with Crippen LogP contribution in [0.25, 0.3) is 122 Å². The number of furan rings is 1. The van der Waals surface area contributed by atoms with Crippen molar-refractivity contribution < 1.29 is 4.42 Å². The molecule has 0 saturated heterocycles. The molecule has 0 spiro atoms. The van der Waals surface area contributed by atoms with Crippen molar-refractivity contribution in [1.82, 2.24) is 24.1 Å². The lowest BCUT2D eigenvalue weighted by Gasteiger charge is -2.14. The first-order valence-electron chi connectivity index (χ1n) is 21.2. The lowest BCUT2D eigenvalue weighted by Crippen LogP contribution is -2.02. The van der Waals surface area contributed by atoms with Crippen LogP contribution in [0.5, 0.6) is 0 Å². The number of nitrogens with zero attached hydrogens (tertiary/aromatic N) is 5. The lowest BCUT2D eigenvalue weighted by molar-refractivity contribution is 0.670. The van der Waals surface area contributed by atoms with Gasteiger partial charge in [-0.15, -0.1) is 0 Å². The van der Waals surface area contributed by atoms with E-state index in [2.05, 4.69) is 185 Å². The summed E-state index contributed by atoms with van der Waals surface area (Å²) in [5.74, 6) is 1.76. The van der Waals surface area contributed by atoms with Crippen LogP contribution in [0.4, 0.5) is 0 Å². The zero-order valence-corrected chi connectivity index (χ0v) is 33.9. The molecule has 9 aromatic carbocycles. The highest BCUT2D eigenvalue weighted by molar-refractivity contribution is 6.24. The number of fused-ring (bicyclic) bond motifs is 10. The summed E-state index contributed by atoms with van der Waals surface area (Å²) in [6, 6.07) is 74.3. The van der Waals surface area contributed by atoms with Gasteiger partial charge in [0, 0.05) is 65.9 Å². The van der Waals surface area contributed by atoms with Gasteiger partial charge in [0.25, 0.3) is 0 Å². The molecule has 0 unspecified atom stereocenters. The van der Waals surface area contributed by atoms with Crippen LogP contribution in [0, 0.1) is 0 Å². The number of aromatic nitrogens is 5. The van der Waals surface area contributed by atoms with E-state index in [0.29, 0.717) is 17.5 Å². The van der Waals surface area contributed by atoms with Crippen LogP contribution in [-0.4, -0.2) is 24.1 Å². The van der Waals surface area contributed by atoms with E-state index in [1.165, 1.54) is 27.1 Å². The molecule has 4 aromatic heterocycles. The van der Waals surface area contributed by atoms with Crippen molar-refractivity contribution in [3.8, 4) is 56.7 Å². The maximum Gasteiger partial charge on any atom is 0.164 e. The third-order valence-corrected chi connectivity index (χ3v) is 12.4. The second kappa shape index (κ2) is 14.0. The van der Waals surface area contributed by atoms with Crippen LogP contribution < -0.4 is 0 Å². The number of para-hydroxylation sites is 4. The summed E-state index contributed by atoms with van der Waals surface area (Å²) in [7, 11) is 0. The van der Waals surface area contributed by atoms with Crippen LogP contribution in [0.1, 0.15) is 0 Å². The Morgan fingerprint density at radius 2 is 0.825 bits per heavy atom. The third-order valence-electron chi connectivity index (χ3n) is 12.4. The van der Waals surface area contributed by atoms with Gasteiger partial charge in [0.05, 0.1) is 22.1 Å². The van der Waals surface area contributed by atoms with Crippen LogP contribution in [-0.2, 0) is 0 Å². The van der Waals surface area contributed by atoms with Gasteiger partial charge in [0.1, 0.15) is 11.2 Å². The highest BCUT2D eigenvalue weighted by atomic mass is 16.3. The zero-order valence-electron chi connectivity index (χ0n) is 33.9. The summed E-state index contributed by atoms with van der Waals surface area (Å²) < 4.78 is 11.5. The van der Waals surface area contributed by atoms with E-state index in [1.54, 1.807) is 0 Å². The fourth-order valence-electron chi connectivity index (χ4n) is 9.62. The van der Waals surface area contributed by atoms with E-state index in [-0.39, 0.29) is 0 Å². The summed E-state index contributed by atoms with van der Waals surface area (Å²) in [6.45, 7) is 0. The van der Waals surface area contributed by atoms with E-state index >= 15 is 0 Å². The summed E-state index contributed by atoms with van der Waals surface area (Å²) >= 11 is 0. The van der Waals surface area contributed by atoms with E-state index in [9.17, 15) is 0 Å². The molecule has 0 atom stereocenters. The van der Waals surface area contributed by atoms with Crippen molar-refractivity contribution >= 4 is 65.6 Å². The zero-order chi connectivity index (χ0) is 41.4. The molecule has 0 radical (unpaired) electrons. The molecule has 6 heteroatoms. The van der Waals surface area contributed by atoms with Gasteiger partial charge in [0.15, 0.2) is 17.5 Å². The van der Waals surface area contributed by atoms with Crippen molar-refractivity contribution in [2.24, 2.45) is 0 Å². The van der Waals surface area contributed by atoms with Crippen molar-refractivity contribution in [1.29, 1.82) is 0 Å². The van der Waals surface area contributed by atoms with Gasteiger partial charge in [-0.2, -0.15) is 0 Å². The molecule has 0 aliphatic carbocycles. The quantitative estimate of drug-likeness (QED) is 0.168. The van der Waals surface area contributed by atoms with E-state index in [4.69, 9.17) is 19.4 Å². The highest BCUT2D eigenvalue weighted by Gasteiger charge is 2.23. The van der Waals surface area contributed by atoms with Crippen molar-refractivity contribution in [3.63, 3.8) is 0 Å². The van der Waals surface area contributed by atoms with Gasteiger partial charge in [-0.05, 0) is 48.0 Å². The molecular weight excluding hydrogens is 771 g/mol. The summed E-state index contributed by atoms with van der Waals surface area (Å²) in [5.41, 5.74) is 13.1. The van der Waals surface area contributed by atoms with Gasteiger partial charge in [-0.25, -0.2) is 15.0 Å². The second-order valence-corrected chi connectivity index (χ2v) is 16.0. The smallest absolute Gasteiger partial charge is 0.164 e. The Labute approximate surface area is 361 Å². The molecule has 4 heterocycles. The van der Waals surface area contributed by atoms with Crippen LogP contribution in [0.15, 0.2) is 217 Å². The number of rotatable bonds is 6. The molecule has 6 nitrogen and oxygen atoms in total. The molecule has 0 saturated carbocycles. The first-order chi connectivity index (χ1) is 31.3. The van der Waals surface area contributed by atoms with Gasteiger partial charge < -0.3 is 13.6 Å². The average molecular weight is 806 g/mol. The Morgan fingerprint density at radius 1 is 0.333 bits per heavy atom. The van der Waals surface area contributed by atoms with E-state index in [1.807, 2.05) is 36.4 Å². The van der Waals surface area contributed by atoms with Gasteiger partial charge in [0.2, 0.25) is 0 Å². The molecule has 13 rings (SSSR count). The Hall–Kier alpha value is -8.61. The molecule has 294 valence electrons. The van der Waals surface area contributed by atoms with Gasteiger partial charge in [-0.3, -0.25) is 0 Å². The molecule has 0 amide bonds. The second-order valence-electron chi connectivity index (χ2n) is 16.0. The van der Waals surface area contributed by atoms with Gasteiger partial charge >= 0.3 is 0 Å². The molecule has 0 bridgehead atoms. The lowest BCUT2D eigenvalue weighted by atomic mass is 10.0. The SMILES string of the molecule is c1ccc(-c2nc(-c3cccc(-n4c5ccccc5c5ccc6c7ccccc7n(-c7ccccc7)c6c54)c3)nc(-c3cccc4oc5c(-c6ccccc6)cccc5c34)n2)cc1. The average Bonchev–Trinajstić information content (AvgIpc) is 4.03. The molecule has 63 heavy (non-hydrogen) atoms. The first-order valence-corrected chi connectivity index (χ1v) is 21.2. The van der Waals surface area contributed by atoms with Crippen LogP contribution in [0.2, 0.25) is 0 Å². The minimum absolute atomic E-state index is 0.577. The Morgan fingerprint density at radius 3 is 1.52 bits per heavy atom. The molecule has 0 N–H and O–H groups in total. The minimum atomic E-state index is 0.577. The summed E-state index contributed by atoms with van der Waals surface area (Å²) in [5, 5.41) is 6.78. The fourth-order valence-corrected chi connectivity index (χ4v) is 9.62. The normalized spacial score (nSPS) is 11.8. The van der Waals surface area contributed by atoms with Crippen molar-refractivity contribution in [3.05, 3.63) is 212 Å². The van der Waals surface area contributed by atoms with Crippen molar-refractivity contribution in [2.75, 3.05) is 0 Å². The topological polar surface area (TPSA) is 61.7 Å². The number of hydrogen-bond acceptors (Lipinski definition) is 4. The summed E-state index contributed by atoms with van der Waals surface area (Å²) in [4.78, 5) is 15.7. The Bertz CT molecular complexity index is 3900. The molecule has 0 fully saturated rings. The molecular formula is C57H35N5O. The first kappa shape index (κ1) is 35.2. The largest absolute Gasteiger partial charge is 0.455 e. The Kier molecular flexibility index (Phi) is 7.80. The van der Waals surface area contributed by atoms with Crippen LogP contribution >= 0.6 is 0 Å². The highest BCUT2D eigenvalue weighted by Crippen LogP contribution is 2.43. The van der Waals surface area contributed by atoms with E-state index in [0.717, 1.165) is 77.7 Å². The maximum atomic E-state index is 6.67. The fraction of sp³-hybridized carbons (Fsp3) is 0. The molecule has 0 aliphatic heterocycles. The monoisotopic (exact) mass is 805 g/mol. The molecule has 0 aliphatic rings. The minimum Gasteiger partial charge on any atom is -0.455 e. The summed E-state index contributed by atoms with van der Waals surface area (Å²) in [6.07, 6.45) is 0. The van der Waals surface area contributed by atoms with Crippen molar-refractivity contribution in [2.45, 2.75) is 0 Å². The standard InChI is InChI=1S/C57H35N5O/c1-4-17-36(18-5-1)41-27-15-28-46-51-47(29-16-32-50(51)63-54(41)46)57-59-55(37-19-6-2-7-20-37)58-56(60-57)38-21-14-24-40(35-38)62-49-31-13-11-26-43(49)45-34-33-44-42-25-10-12-30-48(42)61(52(44)53(45)62)39-22-8-3-9-23-39/h1-35H. The van der Waals surface area contributed by atoms with Gasteiger partial charge in [-0.1, -0.05) is 170 Å². The predicted octanol–water partition coefficient (Wildman–Crippen LogP) is 14.6.